The Morgan fingerprint density at radius 2 is 1.03 bits per heavy atom. The molecule has 0 amide bonds. The highest BCUT2D eigenvalue weighted by atomic mass is 14.9. The minimum Gasteiger partial charge on any atom is -0.308 e. The highest BCUT2D eigenvalue weighted by Crippen LogP contribution is 2.43. The zero-order valence-electron chi connectivity index (χ0n) is 18.8. The van der Waals surface area contributed by atoms with E-state index in [1.165, 1.54) is 59.6 Å². The maximum atomic E-state index is 9.48. The van der Waals surface area contributed by atoms with Gasteiger partial charge in [-0.25, -0.2) is 0 Å². The second-order valence-corrected chi connectivity index (χ2v) is 9.38. The van der Waals surface area contributed by atoms with Crippen molar-refractivity contribution >= 4 is 59.6 Å². The van der Waals surface area contributed by atoms with E-state index in [9.17, 15) is 5.26 Å². The number of benzene rings is 6. The van der Waals surface area contributed by atoms with Gasteiger partial charge in [0.1, 0.15) is 0 Å². The summed E-state index contributed by atoms with van der Waals surface area (Å²) in [5.41, 5.74) is 6.62. The third kappa shape index (κ3) is 2.47. The number of fused-ring (bicyclic) bond motifs is 8. The molecule has 0 spiro atoms. The Hall–Kier alpha value is -4.87. The molecule has 0 radical (unpaired) electrons. The van der Waals surface area contributed by atoms with Gasteiger partial charge in [0.25, 0.3) is 0 Å². The Labute approximate surface area is 201 Å². The van der Waals surface area contributed by atoms with Gasteiger partial charge >= 0.3 is 0 Å². The summed E-state index contributed by atoms with van der Waals surface area (Å²) in [6.45, 7) is 0. The number of hydrogen-bond acceptors (Lipinski definition) is 1. The molecule has 35 heavy (non-hydrogen) atoms. The van der Waals surface area contributed by atoms with E-state index in [2.05, 4.69) is 101 Å². The average molecular weight is 443 g/mol. The summed E-state index contributed by atoms with van der Waals surface area (Å²) in [6.07, 6.45) is 0. The van der Waals surface area contributed by atoms with Crippen molar-refractivity contribution in [3.63, 3.8) is 0 Å². The van der Waals surface area contributed by atoms with Gasteiger partial charge in [0.15, 0.2) is 0 Å². The van der Waals surface area contributed by atoms with Crippen LogP contribution in [-0.2, 0) is 0 Å². The quantitative estimate of drug-likeness (QED) is 0.250. The Kier molecular flexibility index (Phi) is 3.49. The maximum absolute atomic E-state index is 9.48. The van der Waals surface area contributed by atoms with Crippen LogP contribution in [0.1, 0.15) is 5.56 Å². The molecule has 0 aliphatic heterocycles. The third-order valence-corrected chi connectivity index (χ3v) is 7.45. The van der Waals surface area contributed by atoms with Crippen LogP contribution in [0.25, 0.3) is 70.8 Å². The molecule has 0 aliphatic carbocycles. The molecular formula is C33H18N2. The average Bonchev–Trinajstić information content (AvgIpc) is 3.40. The lowest BCUT2D eigenvalue weighted by molar-refractivity contribution is 1.38. The predicted molar refractivity (Wildman–Crippen MR) is 146 cm³/mol. The van der Waals surface area contributed by atoms with Crippen LogP contribution >= 0.6 is 0 Å². The second-order valence-electron chi connectivity index (χ2n) is 9.38. The summed E-state index contributed by atoms with van der Waals surface area (Å²) in [5, 5.41) is 19.5. The van der Waals surface area contributed by atoms with E-state index in [4.69, 9.17) is 0 Å². The minimum atomic E-state index is 0.679. The monoisotopic (exact) mass is 442 g/mol. The van der Waals surface area contributed by atoms with Crippen LogP contribution in [0, 0.1) is 11.3 Å². The minimum absolute atomic E-state index is 0.679. The first kappa shape index (κ1) is 18.5. The second kappa shape index (κ2) is 6.59. The lowest BCUT2D eigenvalue weighted by Gasteiger charge is -2.06. The first-order chi connectivity index (χ1) is 17.3. The van der Waals surface area contributed by atoms with Crippen LogP contribution in [0.4, 0.5) is 0 Å². The van der Waals surface area contributed by atoms with Crippen molar-refractivity contribution < 1.29 is 0 Å². The molecule has 2 nitrogen and oxygen atoms in total. The van der Waals surface area contributed by atoms with Gasteiger partial charge in [-0.3, -0.25) is 0 Å². The topological polar surface area (TPSA) is 28.2 Å². The number of aromatic nitrogens is 1. The Bertz CT molecular complexity index is 2050. The highest BCUT2D eigenvalue weighted by molar-refractivity contribution is 6.26. The molecule has 8 aromatic rings. The van der Waals surface area contributed by atoms with Crippen LogP contribution in [0.15, 0.2) is 109 Å². The van der Waals surface area contributed by atoms with Crippen molar-refractivity contribution in [1.29, 1.82) is 5.26 Å². The first-order valence-electron chi connectivity index (χ1n) is 11.8. The Morgan fingerprint density at radius 1 is 0.486 bits per heavy atom. The summed E-state index contributed by atoms with van der Waals surface area (Å²) in [5.74, 6) is 0. The van der Waals surface area contributed by atoms with Crippen molar-refractivity contribution in [3.05, 3.63) is 115 Å². The van der Waals surface area contributed by atoms with Gasteiger partial charge in [-0.05, 0) is 81.2 Å². The molecule has 0 N–H and O–H groups in total. The molecule has 0 saturated carbocycles. The summed E-state index contributed by atoms with van der Waals surface area (Å²) in [6, 6.07) is 41.3. The first-order valence-corrected chi connectivity index (χ1v) is 11.8. The molecule has 0 bridgehead atoms. The van der Waals surface area contributed by atoms with Crippen LogP contribution in [-0.4, -0.2) is 4.40 Å². The van der Waals surface area contributed by atoms with E-state index < -0.39 is 0 Å². The zero-order valence-corrected chi connectivity index (χ0v) is 18.8. The van der Waals surface area contributed by atoms with Crippen molar-refractivity contribution in [2.45, 2.75) is 0 Å². The summed E-state index contributed by atoms with van der Waals surface area (Å²) >= 11 is 0. The molecule has 2 aromatic heterocycles. The van der Waals surface area contributed by atoms with Crippen LogP contribution in [0.2, 0.25) is 0 Å². The summed E-state index contributed by atoms with van der Waals surface area (Å²) in [4.78, 5) is 0. The third-order valence-electron chi connectivity index (χ3n) is 7.45. The molecule has 8 rings (SSSR count). The van der Waals surface area contributed by atoms with Crippen molar-refractivity contribution in [1.82, 2.24) is 4.40 Å². The fourth-order valence-electron chi connectivity index (χ4n) is 5.85. The number of nitriles is 1. The number of rotatable bonds is 1. The molecule has 2 heteroatoms. The fraction of sp³-hybridized carbons (Fsp3) is 0. The molecule has 0 aliphatic rings. The maximum Gasteiger partial charge on any atom is 0.0991 e. The predicted octanol–water partition coefficient (Wildman–Crippen LogP) is 8.68. The van der Waals surface area contributed by atoms with Crippen molar-refractivity contribution in [2.24, 2.45) is 0 Å². The van der Waals surface area contributed by atoms with E-state index in [1.807, 2.05) is 18.2 Å². The molecule has 0 fully saturated rings. The van der Waals surface area contributed by atoms with Crippen LogP contribution in [0.5, 0.6) is 0 Å². The van der Waals surface area contributed by atoms with Gasteiger partial charge in [-0.1, -0.05) is 60.7 Å². The zero-order chi connectivity index (χ0) is 23.1. The van der Waals surface area contributed by atoms with Gasteiger partial charge in [0.05, 0.1) is 28.2 Å². The van der Waals surface area contributed by atoms with Crippen molar-refractivity contribution in [3.8, 4) is 17.2 Å². The van der Waals surface area contributed by atoms with Gasteiger partial charge in [0, 0.05) is 21.5 Å². The molecule has 0 unspecified atom stereocenters. The van der Waals surface area contributed by atoms with E-state index >= 15 is 0 Å². The van der Waals surface area contributed by atoms with Gasteiger partial charge in [0.2, 0.25) is 0 Å². The van der Waals surface area contributed by atoms with Gasteiger partial charge < -0.3 is 4.40 Å². The van der Waals surface area contributed by atoms with Crippen LogP contribution < -0.4 is 0 Å². The van der Waals surface area contributed by atoms with Crippen molar-refractivity contribution in [2.75, 3.05) is 0 Å². The highest BCUT2D eigenvalue weighted by Gasteiger charge is 2.20. The van der Waals surface area contributed by atoms with Crippen LogP contribution in [0.3, 0.4) is 0 Å². The lowest BCUT2D eigenvalue weighted by Crippen LogP contribution is -1.82. The summed E-state index contributed by atoms with van der Waals surface area (Å²) in [7, 11) is 0. The number of hydrogen-bond donors (Lipinski definition) is 0. The summed E-state index contributed by atoms with van der Waals surface area (Å²) < 4.78 is 2.45. The Morgan fingerprint density at radius 3 is 1.57 bits per heavy atom. The standard InChI is InChI=1S/C33H18N2/c34-19-20-6-5-11-21(12-20)26-15-29-27-13-22-7-1-3-9-24(22)17-31(27)35-32-18-25-10-4-2-8-23(25)14-28(32)30(16-26)33(29)35/h1-18H. The van der Waals surface area contributed by atoms with E-state index in [0.717, 1.165) is 11.1 Å². The molecule has 2 heterocycles. The van der Waals surface area contributed by atoms with Gasteiger partial charge in [-0.2, -0.15) is 5.26 Å². The molecule has 0 saturated heterocycles. The van der Waals surface area contributed by atoms with Gasteiger partial charge in [-0.15, -0.1) is 0 Å². The van der Waals surface area contributed by atoms with E-state index in [-0.39, 0.29) is 0 Å². The van der Waals surface area contributed by atoms with E-state index in [0.29, 0.717) is 5.56 Å². The normalized spacial score (nSPS) is 12.0. The SMILES string of the molecule is N#Cc1cccc(-c2cc3c4cc5ccccc5cc4n4c5cc6ccccc6cc5c(c2)c34)c1. The number of nitrogens with zero attached hydrogens (tertiary/aromatic N) is 2. The Balaban J connectivity index is 1.62. The largest absolute Gasteiger partial charge is 0.308 e. The van der Waals surface area contributed by atoms with E-state index in [1.54, 1.807) is 0 Å². The molecule has 0 atom stereocenters. The molecule has 6 aromatic carbocycles. The molecular weight excluding hydrogens is 424 g/mol. The lowest BCUT2D eigenvalue weighted by atomic mass is 9.97. The smallest absolute Gasteiger partial charge is 0.0991 e. The molecule has 160 valence electrons. The fourth-order valence-corrected chi connectivity index (χ4v) is 5.85.